The molecule has 2 aromatic heterocycles. The maximum absolute atomic E-state index is 6.24. The molecular formula is C49H56Br2N4O. The second kappa shape index (κ2) is 18.2. The lowest BCUT2D eigenvalue weighted by atomic mass is 9.87. The number of fused-ring (bicyclic) bond motifs is 6. The van der Waals surface area contributed by atoms with E-state index in [2.05, 4.69) is 166 Å². The molecule has 0 bridgehead atoms. The Bertz CT molecular complexity index is 2390. The molecule has 56 heavy (non-hydrogen) atoms. The van der Waals surface area contributed by atoms with Crippen LogP contribution in [0.15, 0.2) is 98.3 Å². The zero-order valence-electron chi connectivity index (χ0n) is 33.8. The molecule has 0 saturated carbocycles. The third-order valence-corrected chi connectivity index (χ3v) is 12.4. The molecule has 292 valence electrons. The van der Waals surface area contributed by atoms with Gasteiger partial charge in [0.25, 0.3) is 0 Å². The predicted molar refractivity (Wildman–Crippen MR) is 243 cm³/mol. The summed E-state index contributed by atoms with van der Waals surface area (Å²) in [7, 11) is 0. The van der Waals surface area contributed by atoms with Crippen molar-refractivity contribution < 1.29 is 4.42 Å². The van der Waals surface area contributed by atoms with Gasteiger partial charge < -0.3 is 8.98 Å². The monoisotopic (exact) mass is 874 g/mol. The lowest BCUT2D eigenvalue weighted by Crippen LogP contribution is -2.13. The number of unbranched alkanes of at least 4 members (excludes halogenated alkanes) is 8. The number of rotatable bonds is 17. The number of halogens is 2. The first-order valence-corrected chi connectivity index (χ1v) is 22.5. The van der Waals surface area contributed by atoms with Crippen molar-refractivity contribution >= 4 is 64.4 Å². The highest BCUT2D eigenvalue weighted by Gasteiger charge is 2.23. The van der Waals surface area contributed by atoms with Crippen LogP contribution in [0.4, 0.5) is 0 Å². The fourth-order valence-corrected chi connectivity index (χ4v) is 8.92. The van der Waals surface area contributed by atoms with Gasteiger partial charge in [-0.3, -0.25) is 0 Å². The molecule has 0 saturated heterocycles. The number of imidazole rings is 1. The lowest BCUT2D eigenvalue weighted by molar-refractivity contribution is 0.363. The van der Waals surface area contributed by atoms with E-state index in [1.54, 1.807) is 0 Å². The molecule has 1 unspecified atom stereocenters. The molecule has 0 amide bonds. The van der Waals surface area contributed by atoms with Gasteiger partial charge in [0.1, 0.15) is 5.82 Å². The van der Waals surface area contributed by atoms with Gasteiger partial charge >= 0.3 is 0 Å². The minimum atomic E-state index is 0.0815. The average molecular weight is 877 g/mol. The van der Waals surface area contributed by atoms with Crippen molar-refractivity contribution in [2.75, 3.05) is 0 Å². The third-order valence-electron chi connectivity index (χ3n) is 11.4. The lowest BCUT2D eigenvalue weighted by Gasteiger charge is -2.21. The van der Waals surface area contributed by atoms with Crippen LogP contribution in [0.25, 0.3) is 66.9 Å². The Labute approximate surface area is 350 Å². The van der Waals surface area contributed by atoms with E-state index in [0.29, 0.717) is 17.7 Å². The van der Waals surface area contributed by atoms with Gasteiger partial charge in [-0.05, 0) is 89.0 Å². The zero-order valence-corrected chi connectivity index (χ0v) is 37.0. The molecule has 5 aromatic carbocycles. The Hall–Kier alpha value is -3.81. The van der Waals surface area contributed by atoms with Crippen molar-refractivity contribution in [3.05, 3.63) is 99.4 Å². The van der Waals surface area contributed by atoms with Crippen LogP contribution in [0.1, 0.15) is 117 Å². The third kappa shape index (κ3) is 9.15. The van der Waals surface area contributed by atoms with E-state index in [0.717, 1.165) is 43.5 Å². The smallest absolute Gasteiger partial charge is 0.248 e. The quantitative estimate of drug-likeness (QED) is 0.0675. The van der Waals surface area contributed by atoms with Gasteiger partial charge in [0, 0.05) is 43.0 Å². The molecule has 0 aliphatic heterocycles. The fourth-order valence-electron chi connectivity index (χ4n) is 8.20. The Kier molecular flexibility index (Phi) is 13.1. The molecule has 2 heterocycles. The normalized spacial score (nSPS) is 12.7. The van der Waals surface area contributed by atoms with Gasteiger partial charge in [-0.15, -0.1) is 10.2 Å². The second-order valence-corrected chi connectivity index (χ2v) is 18.5. The topological polar surface area (TPSA) is 56.7 Å². The van der Waals surface area contributed by atoms with Crippen LogP contribution in [-0.2, 0) is 12.0 Å². The van der Waals surface area contributed by atoms with E-state index in [1.165, 1.54) is 110 Å². The summed E-state index contributed by atoms with van der Waals surface area (Å²) < 4.78 is 10.9. The summed E-state index contributed by atoms with van der Waals surface area (Å²) in [5, 5.41) is 13.8. The minimum Gasteiger partial charge on any atom is -0.416 e. The van der Waals surface area contributed by atoms with Gasteiger partial charge in [-0.2, -0.15) is 0 Å². The SMILES string of the molecule is CCCCCCCCC(CCCCCC)Cn1c(-c2ccc(-c3nnc(-c4ccc(C(C)(C)C)cc4)o3)cc2)nc2c3cc(Br)ccc3c3ccc(Br)cc3c21. The maximum Gasteiger partial charge on any atom is 0.248 e. The Morgan fingerprint density at radius 1 is 0.589 bits per heavy atom. The molecule has 0 aliphatic carbocycles. The first kappa shape index (κ1) is 40.4. The first-order valence-electron chi connectivity index (χ1n) is 20.9. The van der Waals surface area contributed by atoms with Crippen molar-refractivity contribution in [3.63, 3.8) is 0 Å². The second-order valence-electron chi connectivity index (χ2n) is 16.7. The number of aromatic nitrogens is 4. The molecule has 0 N–H and O–H groups in total. The van der Waals surface area contributed by atoms with Crippen molar-refractivity contribution in [1.29, 1.82) is 0 Å². The summed E-state index contributed by atoms with van der Waals surface area (Å²) in [6.45, 7) is 12.2. The van der Waals surface area contributed by atoms with E-state index < -0.39 is 0 Å². The van der Waals surface area contributed by atoms with Gasteiger partial charge in [0.15, 0.2) is 0 Å². The molecule has 7 rings (SSSR count). The first-order chi connectivity index (χ1) is 27.1. The van der Waals surface area contributed by atoms with Gasteiger partial charge in [0.05, 0.1) is 11.0 Å². The molecule has 0 spiro atoms. The summed E-state index contributed by atoms with van der Waals surface area (Å²) >= 11 is 7.62. The number of nitrogens with zero attached hydrogens (tertiary/aromatic N) is 4. The standard InChI is InChI=1S/C49H56Br2N4O/c1-6-8-10-12-13-15-17-33(16-14-11-9-7-2)32-55-45-43-31-39(51)27-29-41(43)40-28-26-38(50)30-42(40)44(45)52-46(55)34-18-20-35(21-19-34)47-53-54-48(56-47)36-22-24-37(25-23-36)49(3,4)5/h18-31,33H,6-17,32H2,1-5H3. The molecule has 0 fully saturated rings. The highest BCUT2D eigenvalue weighted by Crippen LogP contribution is 2.41. The Balaban J connectivity index is 1.29. The summed E-state index contributed by atoms with van der Waals surface area (Å²) in [6, 6.07) is 30.3. The van der Waals surface area contributed by atoms with Crippen molar-refractivity contribution in [1.82, 2.24) is 19.7 Å². The summed E-state index contributed by atoms with van der Waals surface area (Å²) in [4.78, 5) is 5.57. The average Bonchev–Trinajstić information content (AvgIpc) is 3.84. The van der Waals surface area contributed by atoms with E-state index in [4.69, 9.17) is 9.40 Å². The summed E-state index contributed by atoms with van der Waals surface area (Å²) in [6.07, 6.45) is 15.6. The highest BCUT2D eigenvalue weighted by atomic mass is 79.9. The van der Waals surface area contributed by atoms with Gasteiger partial charge in [-0.25, -0.2) is 4.98 Å². The maximum atomic E-state index is 6.24. The fraction of sp³-hybridized carbons (Fsp3) is 0.408. The Morgan fingerprint density at radius 3 is 1.68 bits per heavy atom. The summed E-state index contributed by atoms with van der Waals surface area (Å²) in [5.74, 6) is 2.62. The minimum absolute atomic E-state index is 0.0815. The van der Waals surface area contributed by atoms with Crippen molar-refractivity contribution in [3.8, 4) is 34.3 Å². The molecule has 0 aliphatic rings. The molecular weight excluding hydrogens is 820 g/mol. The van der Waals surface area contributed by atoms with Crippen LogP contribution in [-0.4, -0.2) is 19.7 Å². The van der Waals surface area contributed by atoms with Crippen LogP contribution in [0.5, 0.6) is 0 Å². The van der Waals surface area contributed by atoms with Gasteiger partial charge in [-0.1, -0.05) is 167 Å². The molecule has 5 nitrogen and oxygen atoms in total. The van der Waals surface area contributed by atoms with E-state index in [1.807, 2.05) is 0 Å². The van der Waals surface area contributed by atoms with Crippen LogP contribution in [0.3, 0.4) is 0 Å². The number of benzene rings is 5. The van der Waals surface area contributed by atoms with E-state index in [9.17, 15) is 0 Å². The van der Waals surface area contributed by atoms with Crippen molar-refractivity contribution in [2.24, 2.45) is 5.92 Å². The van der Waals surface area contributed by atoms with Crippen LogP contribution >= 0.6 is 31.9 Å². The molecule has 7 heteroatoms. The molecule has 0 radical (unpaired) electrons. The zero-order chi connectivity index (χ0) is 39.2. The van der Waals surface area contributed by atoms with Crippen molar-refractivity contribution in [2.45, 2.75) is 124 Å². The molecule has 1 atom stereocenters. The predicted octanol–water partition coefficient (Wildman–Crippen LogP) is 15.9. The Morgan fingerprint density at radius 2 is 1.09 bits per heavy atom. The largest absolute Gasteiger partial charge is 0.416 e. The number of hydrogen-bond donors (Lipinski definition) is 0. The van der Waals surface area contributed by atoms with Crippen LogP contribution < -0.4 is 0 Å². The highest BCUT2D eigenvalue weighted by molar-refractivity contribution is 9.10. The summed E-state index contributed by atoms with van der Waals surface area (Å²) in [5.41, 5.74) is 6.51. The van der Waals surface area contributed by atoms with Crippen LogP contribution in [0.2, 0.25) is 0 Å². The van der Waals surface area contributed by atoms with Gasteiger partial charge in [0.2, 0.25) is 11.8 Å². The van der Waals surface area contributed by atoms with Crippen LogP contribution in [0, 0.1) is 5.92 Å². The molecule has 7 aromatic rings. The number of hydrogen-bond acceptors (Lipinski definition) is 4. The van der Waals surface area contributed by atoms with E-state index in [-0.39, 0.29) is 5.41 Å². The van der Waals surface area contributed by atoms with E-state index >= 15 is 0 Å².